The minimum atomic E-state index is -0.256. The first-order valence-corrected chi connectivity index (χ1v) is 10.4. The second kappa shape index (κ2) is 7.80. The van der Waals surface area contributed by atoms with Gasteiger partial charge in [-0.3, -0.25) is 14.5 Å². The van der Waals surface area contributed by atoms with Gasteiger partial charge in [-0.15, -0.1) is 11.3 Å². The van der Waals surface area contributed by atoms with E-state index in [0.29, 0.717) is 17.6 Å². The number of esters is 1. The molecule has 1 amide bonds. The lowest BCUT2D eigenvalue weighted by Gasteiger charge is -2.20. The van der Waals surface area contributed by atoms with Gasteiger partial charge in [-0.1, -0.05) is 37.3 Å². The summed E-state index contributed by atoms with van der Waals surface area (Å²) < 4.78 is 5.29. The second-order valence-corrected chi connectivity index (χ2v) is 8.53. The molecule has 6 heteroatoms. The molecule has 2 aromatic rings. The average molecular weight is 385 g/mol. The summed E-state index contributed by atoms with van der Waals surface area (Å²) >= 11 is 1.60. The fourth-order valence-electron chi connectivity index (χ4n) is 3.45. The highest BCUT2D eigenvalue weighted by Gasteiger charge is 2.41. The number of carbonyl (C=O) groups excluding carboxylic acids is 2. The molecule has 0 saturated heterocycles. The number of fused-ring (bicyclic) bond motifs is 1. The van der Waals surface area contributed by atoms with Crippen molar-refractivity contribution in [2.24, 2.45) is 11.8 Å². The third kappa shape index (κ3) is 4.21. The van der Waals surface area contributed by atoms with Gasteiger partial charge in [-0.2, -0.15) is 0 Å². The Morgan fingerprint density at radius 3 is 2.67 bits per heavy atom. The monoisotopic (exact) mass is 384 g/mol. The Kier molecular flexibility index (Phi) is 5.25. The number of hydrogen-bond acceptors (Lipinski definition) is 5. The summed E-state index contributed by atoms with van der Waals surface area (Å²) in [6.45, 7) is 2.23. The second-order valence-electron chi connectivity index (χ2n) is 7.47. The molecular formula is C21H24N2O3S. The smallest absolute Gasteiger partial charge is 0.309 e. The summed E-state index contributed by atoms with van der Waals surface area (Å²) in [5.41, 5.74) is 2.15. The SMILES string of the molecule is C[C@@H]1C[C@H]1C(=O)OCC(=O)N(Cc1ccccc1)c1nc2c(s1)CCCC2. The van der Waals surface area contributed by atoms with Crippen LogP contribution in [0.4, 0.5) is 5.13 Å². The van der Waals surface area contributed by atoms with Crippen molar-refractivity contribution >= 4 is 28.3 Å². The van der Waals surface area contributed by atoms with Crippen molar-refractivity contribution in [3.63, 3.8) is 0 Å². The fraction of sp³-hybridized carbons (Fsp3) is 0.476. The van der Waals surface area contributed by atoms with Crippen LogP contribution in [0.15, 0.2) is 30.3 Å². The number of thiazole rings is 1. The average Bonchev–Trinajstić information content (AvgIpc) is 3.27. The third-order valence-electron chi connectivity index (χ3n) is 5.30. The molecule has 0 unspecified atom stereocenters. The quantitative estimate of drug-likeness (QED) is 0.712. The molecule has 0 radical (unpaired) electrons. The van der Waals surface area contributed by atoms with Gasteiger partial charge in [0.05, 0.1) is 18.2 Å². The van der Waals surface area contributed by atoms with Gasteiger partial charge in [-0.05, 0) is 43.6 Å². The molecule has 2 aliphatic carbocycles. The number of nitrogens with zero attached hydrogens (tertiary/aromatic N) is 2. The molecule has 1 aromatic heterocycles. The molecule has 1 saturated carbocycles. The van der Waals surface area contributed by atoms with E-state index in [4.69, 9.17) is 9.72 Å². The summed E-state index contributed by atoms with van der Waals surface area (Å²) in [5.74, 6) is -0.133. The molecular weight excluding hydrogens is 360 g/mol. The molecule has 1 aromatic carbocycles. The molecule has 2 aliphatic rings. The summed E-state index contributed by atoms with van der Waals surface area (Å²) in [5, 5.41) is 0.714. The molecule has 0 spiro atoms. The van der Waals surface area contributed by atoms with E-state index in [1.807, 2.05) is 37.3 Å². The van der Waals surface area contributed by atoms with Crippen LogP contribution in [-0.4, -0.2) is 23.5 Å². The number of rotatable bonds is 6. The maximum atomic E-state index is 12.9. The number of aromatic nitrogens is 1. The highest BCUT2D eigenvalue weighted by atomic mass is 32.1. The van der Waals surface area contributed by atoms with Gasteiger partial charge in [0.2, 0.25) is 0 Å². The molecule has 0 bridgehead atoms. The van der Waals surface area contributed by atoms with Gasteiger partial charge >= 0.3 is 5.97 Å². The van der Waals surface area contributed by atoms with Crippen LogP contribution in [0.2, 0.25) is 0 Å². The van der Waals surface area contributed by atoms with Crippen molar-refractivity contribution in [2.45, 2.75) is 45.6 Å². The standard InChI is InChI=1S/C21H24N2O3S/c1-14-11-16(14)20(25)26-13-19(24)23(12-15-7-3-2-4-8-15)21-22-17-9-5-6-10-18(17)27-21/h2-4,7-8,14,16H,5-6,9-13H2,1H3/t14-,16-/m1/s1. The van der Waals surface area contributed by atoms with E-state index in [9.17, 15) is 9.59 Å². The van der Waals surface area contributed by atoms with Gasteiger partial charge in [0.1, 0.15) is 0 Å². The molecule has 0 N–H and O–H groups in total. The van der Waals surface area contributed by atoms with E-state index in [1.54, 1.807) is 16.2 Å². The van der Waals surface area contributed by atoms with Crippen LogP contribution in [0.3, 0.4) is 0 Å². The molecule has 5 nitrogen and oxygen atoms in total. The van der Waals surface area contributed by atoms with E-state index >= 15 is 0 Å². The topological polar surface area (TPSA) is 59.5 Å². The first-order chi connectivity index (χ1) is 13.1. The van der Waals surface area contributed by atoms with E-state index in [0.717, 1.165) is 36.9 Å². The minimum absolute atomic E-state index is 0.0347. The maximum absolute atomic E-state index is 12.9. The van der Waals surface area contributed by atoms with Crippen LogP contribution in [0.25, 0.3) is 0 Å². The van der Waals surface area contributed by atoms with Gasteiger partial charge in [-0.25, -0.2) is 4.98 Å². The molecule has 1 fully saturated rings. The van der Waals surface area contributed by atoms with Crippen molar-refractivity contribution in [2.75, 3.05) is 11.5 Å². The zero-order chi connectivity index (χ0) is 18.8. The van der Waals surface area contributed by atoms with E-state index in [2.05, 4.69) is 0 Å². The van der Waals surface area contributed by atoms with Gasteiger partial charge in [0.15, 0.2) is 11.7 Å². The van der Waals surface area contributed by atoms with Gasteiger partial charge in [0.25, 0.3) is 5.91 Å². The molecule has 142 valence electrons. The number of ether oxygens (including phenoxy) is 1. The molecule has 2 atom stereocenters. The zero-order valence-electron chi connectivity index (χ0n) is 15.5. The summed E-state index contributed by atoms with van der Waals surface area (Å²) in [6, 6.07) is 9.85. The summed E-state index contributed by atoms with van der Waals surface area (Å²) in [6.07, 6.45) is 5.21. The number of aryl methyl sites for hydroxylation is 2. The lowest BCUT2D eigenvalue weighted by atomic mass is 10.0. The van der Waals surface area contributed by atoms with E-state index in [-0.39, 0.29) is 24.4 Å². The number of amides is 1. The van der Waals surface area contributed by atoms with Crippen LogP contribution in [-0.2, 0) is 33.7 Å². The van der Waals surface area contributed by atoms with E-state index < -0.39 is 0 Å². The van der Waals surface area contributed by atoms with Crippen molar-refractivity contribution in [1.29, 1.82) is 0 Å². The lowest BCUT2D eigenvalue weighted by Crippen LogP contribution is -2.34. The third-order valence-corrected chi connectivity index (χ3v) is 6.48. The van der Waals surface area contributed by atoms with Gasteiger partial charge < -0.3 is 4.74 Å². The molecule has 4 rings (SSSR count). The fourth-order valence-corrected chi connectivity index (χ4v) is 4.62. The Balaban J connectivity index is 1.51. The minimum Gasteiger partial charge on any atom is -0.455 e. The van der Waals surface area contributed by atoms with E-state index in [1.165, 1.54) is 11.3 Å². The zero-order valence-corrected chi connectivity index (χ0v) is 16.3. The first-order valence-electron chi connectivity index (χ1n) is 9.61. The predicted octanol–water partition coefficient (Wildman–Crippen LogP) is 3.75. The van der Waals surface area contributed by atoms with Crippen molar-refractivity contribution in [3.05, 3.63) is 46.5 Å². The Morgan fingerprint density at radius 2 is 1.96 bits per heavy atom. The Labute approximate surface area is 163 Å². The molecule has 0 aliphatic heterocycles. The number of carbonyl (C=O) groups is 2. The van der Waals surface area contributed by atoms with Crippen LogP contribution >= 0.6 is 11.3 Å². The molecule has 27 heavy (non-hydrogen) atoms. The Bertz CT molecular complexity index is 810. The highest BCUT2D eigenvalue weighted by Crippen LogP contribution is 2.38. The Hall–Kier alpha value is -2.21. The van der Waals surface area contributed by atoms with Crippen LogP contribution in [0, 0.1) is 11.8 Å². The number of hydrogen-bond donors (Lipinski definition) is 0. The normalized spacial score (nSPS) is 20.6. The summed E-state index contributed by atoms with van der Waals surface area (Å²) in [7, 11) is 0. The highest BCUT2D eigenvalue weighted by molar-refractivity contribution is 7.15. The first kappa shape index (κ1) is 18.2. The van der Waals surface area contributed by atoms with Crippen molar-refractivity contribution in [1.82, 2.24) is 4.98 Å². The lowest BCUT2D eigenvalue weighted by molar-refractivity contribution is -0.149. The summed E-state index contributed by atoms with van der Waals surface area (Å²) in [4.78, 5) is 32.6. The van der Waals surface area contributed by atoms with Crippen LogP contribution in [0.1, 0.15) is 42.3 Å². The van der Waals surface area contributed by atoms with Crippen LogP contribution in [0.5, 0.6) is 0 Å². The molecule has 1 heterocycles. The van der Waals surface area contributed by atoms with Crippen LogP contribution < -0.4 is 4.90 Å². The Morgan fingerprint density at radius 1 is 1.22 bits per heavy atom. The van der Waals surface area contributed by atoms with Gasteiger partial charge in [0, 0.05) is 4.88 Å². The largest absolute Gasteiger partial charge is 0.455 e. The number of anilines is 1. The predicted molar refractivity (Wildman–Crippen MR) is 105 cm³/mol. The van der Waals surface area contributed by atoms with Crippen molar-refractivity contribution < 1.29 is 14.3 Å². The number of benzene rings is 1. The van der Waals surface area contributed by atoms with Crippen molar-refractivity contribution in [3.8, 4) is 0 Å². The maximum Gasteiger partial charge on any atom is 0.309 e.